The van der Waals surface area contributed by atoms with Crippen molar-refractivity contribution < 1.29 is 4.79 Å². The molecule has 1 atom stereocenters. The Morgan fingerprint density at radius 2 is 1.89 bits per heavy atom. The van der Waals surface area contributed by atoms with Crippen molar-refractivity contribution in [1.29, 1.82) is 5.26 Å². The van der Waals surface area contributed by atoms with Crippen LogP contribution in [0.1, 0.15) is 44.7 Å². The van der Waals surface area contributed by atoms with E-state index in [2.05, 4.69) is 26.8 Å². The topological polar surface area (TPSA) is 40.9 Å². The number of rotatable bonds is 5. The highest BCUT2D eigenvalue weighted by Gasteiger charge is 2.18. The van der Waals surface area contributed by atoms with Crippen molar-refractivity contribution >= 4 is 6.29 Å². The van der Waals surface area contributed by atoms with Crippen molar-refractivity contribution in [2.24, 2.45) is 11.3 Å². The quantitative estimate of drug-likeness (QED) is 0.739. The predicted molar refractivity (Wildman–Crippen MR) is 73.1 cm³/mol. The largest absolute Gasteiger partial charge is 0.303 e. The van der Waals surface area contributed by atoms with Gasteiger partial charge in [-0.2, -0.15) is 5.26 Å². The van der Waals surface area contributed by atoms with Gasteiger partial charge in [0.15, 0.2) is 0 Å². The van der Waals surface area contributed by atoms with Gasteiger partial charge in [-0.15, -0.1) is 0 Å². The Hall–Kier alpha value is -1.62. The highest BCUT2D eigenvalue weighted by atomic mass is 16.1. The monoisotopic (exact) mass is 243 g/mol. The van der Waals surface area contributed by atoms with Gasteiger partial charge in [0.05, 0.1) is 11.6 Å². The smallest absolute Gasteiger partial charge is 0.120 e. The lowest BCUT2D eigenvalue weighted by molar-refractivity contribution is -0.108. The van der Waals surface area contributed by atoms with Crippen LogP contribution < -0.4 is 0 Å². The van der Waals surface area contributed by atoms with E-state index in [1.807, 2.05) is 24.3 Å². The Bertz CT molecular complexity index is 420. The number of benzene rings is 1. The number of hydrogen-bond donors (Lipinski definition) is 0. The van der Waals surface area contributed by atoms with Gasteiger partial charge in [-0.1, -0.05) is 32.9 Å². The summed E-state index contributed by atoms with van der Waals surface area (Å²) in [5.41, 5.74) is 2.12. The molecule has 18 heavy (non-hydrogen) atoms. The van der Waals surface area contributed by atoms with Crippen LogP contribution in [0.2, 0.25) is 0 Å². The molecule has 0 aliphatic rings. The van der Waals surface area contributed by atoms with E-state index in [4.69, 9.17) is 5.26 Å². The van der Waals surface area contributed by atoms with Crippen molar-refractivity contribution in [3.05, 3.63) is 35.4 Å². The van der Waals surface area contributed by atoms with Gasteiger partial charge in [-0.05, 0) is 41.9 Å². The first-order chi connectivity index (χ1) is 8.44. The number of hydrogen-bond acceptors (Lipinski definition) is 2. The van der Waals surface area contributed by atoms with Crippen molar-refractivity contribution in [3.63, 3.8) is 0 Å². The van der Waals surface area contributed by atoms with Crippen LogP contribution >= 0.6 is 0 Å². The fourth-order valence-electron chi connectivity index (χ4n) is 2.29. The minimum absolute atomic E-state index is 0.236. The molecule has 0 heterocycles. The molecule has 0 amide bonds. The molecule has 0 spiro atoms. The van der Waals surface area contributed by atoms with E-state index >= 15 is 0 Å². The Labute approximate surface area is 110 Å². The van der Waals surface area contributed by atoms with Gasteiger partial charge in [0.1, 0.15) is 6.29 Å². The third-order valence-corrected chi connectivity index (χ3v) is 2.94. The van der Waals surface area contributed by atoms with Crippen LogP contribution in [0.25, 0.3) is 0 Å². The first kappa shape index (κ1) is 14.4. The summed E-state index contributed by atoms with van der Waals surface area (Å²) in [6.45, 7) is 6.59. The minimum atomic E-state index is 0.236. The van der Waals surface area contributed by atoms with Crippen LogP contribution in [0, 0.1) is 22.7 Å². The molecule has 1 aromatic carbocycles. The second-order valence-electron chi connectivity index (χ2n) is 6.05. The molecule has 0 N–H and O–H groups in total. The molecule has 1 rings (SSSR count). The van der Waals surface area contributed by atoms with Crippen molar-refractivity contribution in [3.8, 4) is 6.07 Å². The summed E-state index contributed by atoms with van der Waals surface area (Å²) in [5, 5.41) is 8.75. The first-order valence-corrected chi connectivity index (χ1v) is 6.37. The molecule has 0 bridgehead atoms. The van der Waals surface area contributed by atoms with Gasteiger partial charge in [-0.25, -0.2) is 0 Å². The first-order valence-electron chi connectivity index (χ1n) is 6.37. The van der Waals surface area contributed by atoms with Crippen LogP contribution in [-0.4, -0.2) is 6.29 Å². The molecule has 1 aromatic rings. The fraction of sp³-hybridized carbons (Fsp3) is 0.500. The number of aldehydes is 1. The lowest BCUT2D eigenvalue weighted by atomic mass is 9.80. The number of carbonyl (C=O) groups is 1. The molecule has 1 unspecified atom stereocenters. The van der Waals surface area contributed by atoms with Crippen LogP contribution in [0.15, 0.2) is 24.3 Å². The summed E-state index contributed by atoms with van der Waals surface area (Å²) >= 11 is 0. The highest BCUT2D eigenvalue weighted by molar-refractivity contribution is 5.49. The van der Waals surface area contributed by atoms with E-state index < -0.39 is 0 Å². The summed E-state index contributed by atoms with van der Waals surface area (Å²) in [6, 6.07) is 9.76. The van der Waals surface area contributed by atoms with Gasteiger partial charge >= 0.3 is 0 Å². The van der Waals surface area contributed by atoms with Crippen LogP contribution in [0.5, 0.6) is 0 Å². The fourth-order valence-corrected chi connectivity index (χ4v) is 2.29. The second kappa shape index (κ2) is 6.35. The molecule has 0 aliphatic heterocycles. The molecule has 0 saturated heterocycles. The molecule has 0 saturated carbocycles. The van der Waals surface area contributed by atoms with Crippen LogP contribution in [0.3, 0.4) is 0 Å². The SMILES string of the molecule is CC(C)(C)CC(CC=O)Cc1ccc(C#N)cc1. The Kier molecular flexibility index (Phi) is 5.09. The predicted octanol–water partition coefficient (Wildman–Crippen LogP) is 3.74. The Morgan fingerprint density at radius 1 is 1.28 bits per heavy atom. The molecule has 96 valence electrons. The molecular formula is C16H21NO. The maximum atomic E-state index is 10.7. The molecule has 0 fully saturated rings. The lowest BCUT2D eigenvalue weighted by Gasteiger charge is -2.24. The Morgan fingerprint density at radius 3 is 2.33 bits per heavy atom. The second-order valence-corrected chi connectivity index (χ2v) is 6.05. The van der Waals surface area contributed by atoms with E-state index in [1.165, 1.54) is 5.56 Å². The minimum Gasteiger partial charge on any atom is -0.303 e. The van der Waals surface area contributed by atoms with E-state index in [1.54, 1.807) is 0 Å². The summed E-state index contributed by atoms with van der Waals surface area (Å²) in [7, 11) is 0. The number of nitriles is 1. The zero-order valence-electron chi connectivity index (χ0n) is 11.4. The van der Waals surface area contributed by atoms with E-state index in [0.717, 1.165) is 19.1 Å². The number of carbonyl (C=O) groups excluding carboxylic acids is 1. The summed E-state index contributed by atoms with van der Waals surface area (Å²) < 4.78 is 0. The summed E-state index contributed by atoms with van der Waals surface area (Å²) in [4.78, 5) is 10.7. The zero-order valence-corrected chi connectivity index (χ0v) is 11.4. The zero-order chi connectivity index (χ0) is 13.6. The van der Waals surface area contributed by atoms with E-state index in [0.29, 0.717) is 17.9 Å². The van der Waals surface area contributed by atoms with Crippen molar-refractivity contribution in [2.45, 2.75) is 40.0 Å². The third-order valence-electron chi connectivity index (χ3n) is 2.94. The molecule has 0 aromatic heterocycles. The van der Waals surface area contributed by atoms with Crippen LogP contribution in [0.4, 0.5) is 0 Å². The average Bonchev–Trinajstić information content (AvgIpc) is 2.28. The molecular weight excluding hydrogens is 222 g/mol. The maximum absolute atomic E-state index is 10.7. The highest BCUT2D eigenvalue weighted by Crippen LogP contribution is 2.28. The van der Waals surface area contributed by atoms with Crippen LogP contribution in [-0.2, 0) is 11.2 Å². The van der Waals surface area contributed by atoms with Gasteiger partial charge in [-0.3, -0.25) is 0 Å². The normalized spacial score (nSPS) is 12.8. The van der Waals surface area contributed by atoms with Crippen molar-refractivity contribution in [2.75, 3.05) is 0 Å². The standard InChI is InChI=1S/C16H21NO/c1-16(2,3)11-15(8-9-18)10-13-4-6-14(12-17)7-5-13/h4-7,9,15H,8,10-11H2,1-3H3. The van der Waals surface area contributed by atoms with Gasteiger partial charge in [0.25, 0.3) is 0 Å². The molecule has 2 heteroatoms. The lowest BCUT2D eigenvalue weighted by Crippen LogP contribution is -2.16. The number of nitrogens with zero attached hydrogens (tertiary/aromatic N) is 1. The third kappa shape index (κ3) is 5.14. The molecule has 0 radical (unpaired) electrons. The van der Waals surface area contributed by atoms with E-state index in [9.17, 15) is 4.79 Å². The van der Waals surface area contributed by atoms with Crippen molar-refractivity contribution in [1.82, 2.24) is 0 Å². The Balaban J connectivity index is 2.70. The van der Waals surface area contributed by atoms with Gasteiger partial charge in [0.2, 0.25) is 0 Å². The molecule has 2 nitrogen and oxygen atoms in total. The van der Waals surface area contributed by atoms with Gasteiger partial charge < -0.3 is 4.79 Å². The van der Waals surface area contributed by atoms with E-state index in [-0.39, 0.29) is 5.41 Å². The maximum Gasteiger partial charge on any atom is 0.120 e. The summed E-state index contributed by atoms with van der Waals surface area (Å²) in [6.07, 6.45) is 3.56. The summed E-state index contributed by atoms with van der Waals surface area (Å²) in [5.74, 6) is 0.385. The molecule has 0 aliphatic carbocycles. The average molecular weight is 243 g/mol. The van der Waals surface area contributed by atoms with Gasteiger partial charge in [0, 0.05) is 6.42 Å².